The van der Waals surface area contributed by atoms with Gasteiger partial charge < -0.3 is 65.1 Å². The molecule has 2 saturated heterocycles. The molecule has 1 amide bonds. The fraction of sp³-hybridized carbons (Fsp3) is 0.762. The first-order valence-corrected chi connectivity index (χ1v) is 30.3. The summed E-state index contributed by atoms with van der Waals surface area (Å²) in [5.74, 6) is -0.246. The van der Waals surface area contributed by atoms with Crippen molar-refractivity contribution in [1.29, 1.82) is 0 Å². The van der Waals surface area contributed by atoms with Gasteiger partial charge in [0.2, 0.25) is 5.91 Å². The van der Waals surface area contributed by atoms with Gasteiger partial charge in [0.1, 0.15) is 48.8 Å². The van der Waals surface area contributed by atoms with Crippen LogP contribution in [0.5, 0.6) is 0 Å². The fourth-order valence-electron chi connectivity index (χ4n) is 9.47. The van der Waals surface area contributed by atoms with E-state index < -0.39 is 86.8 Å². The van der Waals surface area contributed by atoms with Crippen LogP contribution in [-0.4, -0.2) is 140 Å². The van der Waals surface area contributed by atoms with Crippen LogP contribution in [-0.2, 0) is 23.7 Å². The van der Waals surface area contributed by atoms with Gasteiger partial charge in [-0.25, -0.2) is 0 Å². The average molecular weight is 1090 g/mol. The third kappa shape index (κ3) is 33.5. The highest BCUT2D eigenvalue weighted by atomic mass is 16.7. The normalized spacial score (nSPS) is 25.3. The molecule has 0 saturated carbocycles. The third-order valence-corrected chi connectivity index (χ3v) is 14.3. The van der Waals surface area contributed by atoms with Gasteiger partial charge in [0.05, 0.1) is 32.0 Å². The van der Waals surface area contributed by atoms with Crippen LogP contribution in [0.15, 0.2) is 85.1 Å². The first-order chi connectivity index (χ1) is 37.6. The van der Waals surface area contributed by atoms with Crippen LogP contribution < -0.4 is 5.32 Å². The van der Waals surface area contributed by atoms with Crippen LogP contribution in [0.2, 0.25) is 0 Å². The number of allylic oxidation sites excluding steroid dienone is 13. The van der Waals surface area contributed by atoms with E-state index in [4.69, 9.17) is 18.9 Å². The molecule has 0 bridgehead atoms. The van der Waals surface area contributed by atoms with E-state index in [1.807, 2.05) is 6.08 Å². The molecule has 2 fully saturated rings. The van der Waals surface area contributed by atoms with Crippen LogP contribution in [0.25, 0.3) is 0 Å². The molecule has 14 heteroatoms. The van der Waals surface area contributed by atoms with Gasteiger partial charge in [-0.15, -0.1) is 0 Å². The molecule has 0 radical (unpaired) electrons. The minimum Gasteiger partial charge on any atom is -0.394 e. The number of aliphatic hydroxyl groups is 8. The van der Waals surface area contributed by atoms with Gasteiger partial charge in [-0.3, -0.25) is 4.79 Å². The molecule has 444 valence electrons. The number of hydrogen-bond donors (Lipinski definition) is 9. The molecule has 0 aromatic carbocycles. The molecular formula is C63H109NO13. The second-order valence-corrected chi connectivity index (χ2v) is 21.1. The summed E-state index contributed by atoms with van der Waals surface area (Å²) in [4.78, 5) is 13.2. The van der Waals surface area contributed by atoms with E-state index in [0.717, 1.165) is 83.5 Å². The highest BCUT2D eigenvalue weighted by Crippen LogP contribution is 2.30. The molecule has 2 rings (SSSR count). The van der Waals surface area contributed by atoms with Gasteiger partial charge in [0, 0.05) is 6.42 Å². The van der Waals surface area contributed by atoms with Crippen molar-refractivity contribution in [3.63, 3.8) is 0 Å². The van der Waals surface area contributed by atoms with E-state index in [9.17, 15) is 45.6 Å². The van der Waals surface area contributed by atoms with E-state index in [-0.39, 0.29) is 18.9 Å². The minimum atomic E-state index is -1.79. The minimum absolute atomic E-state index is 0.246. The van der Waals surface area contributed by atoms with E-state index in [2.05, 4.69) is 92.1 Å². The maximum Gasteiger partial charge on any atom is 0.220 e. The number of ether oxygens (including phenoxy) is 4. The van der Waals surface area contributed by atoms with E-state index in [1.54, 1.807) is 6.08 Å². The maximum atomic E-state index is 13.2. The zero-order valence-electron chi connectivity index (χ0n) is 47.7. The quantitative estimate of drug-likeness (QED) is 0.0204. The van der Waals surface area contributed by atoms with Gasteiger partial charge in [-0.2, -0.15) is 0 Å². The monoisotopic (exact) mass is 1090 g/mol. The van der Waals surface area contributed by atoms with Crippen molar-refractivity contribution in [1.82, 2.24) is 5.32 Å². The van der Waals surface area contributed by atoms with Crippen molar-refractivity contribution in [2.24, 2.45) is 0 Å². The molecule has 2 heterocycles. The summed E-state index contributed by atoms with van der Waals surface area (Å²) < 4.78 is 22.7. The average Bonchev–Trinajstić information content (AvgIpc) is 3.43. The molecule has 0 aromatic heterocycles. The van der Waals surface area contributed by atoms with Crippen LogP contribution in [0.1, 0.15) is 213 Å². The lowest BCUT2D eigenvalue weighted by Crippen LogP contribution is -2.65. The smallest absolute Gasteiger partial charge is 0.220 e. The van der Waals surface area contributed by atoms with Gasteiger partial charge >= 0.3 is 0 Å². The number of aliphatic hydroxyl groups excluding tert-OH is 8. The van der Waals surface area contributed by atoms with E-state index in [1.165, 1.54) is 103 Å². The Kier molecular flexibility index (Phi) is 43.7. The van der Waals surface area contributed by atoms with Crippen molar-refractivity contribution in [3.8, 4) is 0 Å². The topological polar surface area (TPSA) is 228 Å². The first kappa shape index (κ1) is 70.3. The Morgan fingerprint density at radius 1 is 0.481 bits per heavy atom. The highest BCUT2D eigenvalue weighted by molar-refractivity contribution is 5.76. The summed E-state index contributed by atoms with van der Waals surface area (Å²) in [5.41, 5.74) is 0. The molecule has 14 nitrogen and oxygen atoms in total. The summed E-state index contributed by atoms with van der Waals surface area (Å²) >= 11 is 0. The van der Waals surface area contributed by atoms with Gasteiger partial charge in [-0.05, 0) is 70.6 Å². The lowest BCUT2D eigenvalue weighted by atomic mass is 9.97. The van der Waals surface area contributed by atoms with E-state index >= 15 is 0 Å². The number of nitrogens with one attached hydrogen (secondary N) is 1. The number of unbranched alkanes of at least 4 members (excludes halogenated alkanes) is 22. The third-order valence-electron chi connectivity index (χ3n) is 14.3. The van der Waals surface area contributed by atoms with Crippen molar-refractivity contribution in [2.75, 3.05) is 19.8 Å². The standard InChI is InChI=1S/C63H109NO13/c1-3-5-7-9-11-13-15-17-18-19-20-21-22-23-24-25-26-27-28-29-30-31-32-33-34-35-37-39-41-43-45-47-55(68)64-51(52(67)46-44-42-40-38-36-16-14-12-10-8-6-4-2)50-74-62-60(73)58(71)61(54(49-66)76-62)77-63-59(72)57(70)56(69)53(48-65)75-63/h5,7,11,13,17-18,20-21,23-24,26-27,44,46,51-54,56-63,65-67,69-73H,3-4,6,8-10,12,14-16,19,22,25,28-43,45,47-50H2,1-2H3,(H,64,68)/b7-5-,13-11-,18-17-,21-20-,24-23-,27-26-,46-44+. The van der Waals surface area contributed by atoms with Crippen molar-refractivity contribution in [3.05, 3.63) is 85.1 Å². The zero-order valence-corrected chi connectivity index (χ0v) is 47.7. The number of rotatable bonds is 47. The lowest BCUT2D eigenvalue weighted by molar-refractivity contribution is -0.359. The Bertz CT molecular complexity index is 1610. The summed E-state index contributed by atoms with van der Waals surface area (Å²) in [6, 6.07) is -0.919. The fourth-order valence-corrected chi connectivity index (χ4v) is 9.47. The maximum absolute atomic E-state index is 13.2. The van der Waals surface area contributed by atoms with Gasteiger partial charge in [0.15, 0.2) is 12.6 Å². The number of carbonyl (C=O) groups is 1. The Morgan fingerprint density at radius 3 is 1.38 bits per heavy atom. The molecule has 9 N–H and O–H groups in total. The second-order valence-electron chi connectivity index (χ2n) is 21.1. The Morgan fingerprint density at radius 2 is 0.896 bits per heavy atom. The summed E-state index contributed by atoms with van der Waals surface area (Å²) in [6.45, 7) is 2.66. The highest BCUT2D eigenvalue weighted by Gasteiger charge is 2.51. The molecular weight excluding hydrogens is 979 g/mol. The molecule has 2 aliphatic rings. The molecule has 0 spiro atoms. The van der Waals surface area contributed by atoms with Crippen LogP contribution in [0, 0.1) is 0 Å². The largest absolute Gasteiger partial charge is 0.394 e. The Hall–Kier alpha value is -2.83. The van der Waals surface area contributed by atoms with Crippen molar-refractivity contribution in [2.45, 2.75) is 286 Å². The molecule has 12 unspecified atom stereocenters. The van der Waals surface area contributed by atoms with Gasteiger partial charge in [0.25, 0.3) is 0 Å². The van der Waals surface area contributed by atoms with Gasteiger partial charge in [-0.1, -0.05) is 221 Å². The SMILES string of the molecule is CC/C=C\C/C=C\C/C=C\C/C=C\C/C=C\C/C=C\CCCCCCCCCCCCCCC(=O)NC(COC1OC(CO)C(OC2OC(CO)C(O)C(O)C2O)C(O)C1O)C(O)/C=C/CCCCCCCCCCCC. The van der Waals surface area contributed by atoms with Crippen LogP contribution in [0.3, 0.4) is 0 Å². The molecule has 77 heavy (non-hydrogen) atoms. The molecule has 0 aliphatic carbocycles. The number of amides is 1. The second kappa shape index (κ2) is 47.9. The first-order valence-electron chi connectivity index (χ1n) is 30.3. The predicted octanol–water partition coefficient (Wildman–Crippen LogP) is 10.5. The predicted molar refractivity (Wildman–Crippen MR) is 309 cm³/mol. The van der Waals surface area contributed by atoms with E-state index in [0.29, 0.717) is 6.42 Å². The van der Waals surface area contributed by atoms with Crippen molar-refractivity contribution >= 4 is 5.91 Å². The summed E-state index contributed by atoms with van der Waals surface area (Å²) in [5, 5.41) is 87.0. The number of hydrogen-bond acceptors (Lipinski definition) is 13. The van der Waals surface area contributed by atoms with Crippen LogP contribution in [0.4, 0.5) is 0 Å². The molecule has 0 aromatic rings. The summed E-state index contributed by atoms with van der Waals surface area (Å²) in [7, 11) is 0. The number of carbonyl (C=O) groups excluding carboxylic acids is 1. The lowest BCUT2D eigenvalue weighted by Gasteiger charge is -2.46. The van der Waals surface area contributed by atoms with Crippen LogP contribution >= 0.6 is 0 Å². The molecule has 12 atom stereocenters. The summed E-state index contributed by atoms with van der Waals surface area (Å²) in [6.07, 6.45) is 47.7. The Balaban J connectivity index is 1.67. The zero-order chi connectivity index (χ0) is 56.0. The molecule has 2 aliphatic heterocycles. The van der Waals surface area contributed by atoms with Crippen molar-refractivity contribution < 1.29 is 64.6 Å². The Labute approximate surface area is 465 Å².